The van der Waals surface area contributed by atoms with E-state index in [0.29, 0.717) is 17.8 Å². The first-order valence-electron chi connectivity index (χ1n) is 6.57. The first-order valence-corrected chi connectivity index (χ1v) is 6.57. The second-order valence-electron chi connectivity index (χ2n) is 6.14. The van der Waals surface area contributed by atoms with E-state index in [1.807, 2.05) is 27.7 Å². The quantitative estimate of drug-likeness (QED) is 0.863. The molecule has 0 aliphatic carbocycles. The van der Waals surface area contributed by atoms with Gasteiger partial charge in [-0.25, -0.2) is 4.98 Å². The van der Waals surface area contributed by atoms with Crippen LogP contribution >= 0.6 is 0 Å². The van der Waals surface area contributed by atoms with E-state index in [1.54, 1.807) is 12.3 Å². The van der Waals surface area contributed by atoms with Crippen molar-refractivity contribution in [2.75, 3.05) is 11.9 Å². The second kappa shape index (κ2) is 6.38. The van der Waals surface area contributed by atoms with Crippen LogP contribution in [-0.2, 0) is 4.79 Å². The van der Waals surface area contributed by atoms with Crippen LogP contribution in [0.2, 0.25) is 0 Å². The van der Waals surface area contributed by atoms with E-state index in [2.05, 4.69) is 16.4 Å². The first-order chi connectivity index (χ1) is 9.24. The highest BCUT2D eigenvalue weighted by Gasteiger charge is 2.24. The van der Waals surface area contributed by atoms with Gasteiger partial charge in [0.15, 0.2) is 0 Å². The molecule has 1 rings (SSSR count). The topological polar surface area (TPSA) is 86.0 Å². The van der Waals surface area contributed by atoms with E-state index >= 15 is 0 Å². The number of aromatic nitrogens is 1. The SMILES string of the molecule is Cc1ccnc(NCC(CC(C)(C)C)C(=O)O)c1C#N. The Morgan fingerprint density at radius 2 is 2.20 bits per heavy atom. The molecule has 0 aliphatic heterocycles. The average molecular weight is 275 g/mol. The number of carboxylic acid groups (broad SMARTS) is 1. The van der Waals surface area contributed by atoms with Gasteiger partial charge < -0.3 is 10.4 Å². The Labute approximate surface area is 119 Å². The van der Waals surface area contributed by atoms with Gasteiger partial charge in [-0.3, -0.25) is 4.79 Å². The maximum atomic E-state index is 11.3. The number of nitriles is 1. The number of carboxylic acids is 1. The second-order valence-corrected chi connectivity index (χ2v) is 6.14. The maximum Gasteiger partial charge on any atom is 0.308 e. The highest BCUT2D eigenvalue weighted by Crippen LogP contribution is 2.25. The van der Waals surface area contributed by atoms with Crippen molar-refractivity contribution in [2.45, 2.75) is 34.1 Å². The number of nitrogens with zero attached hydrogens (tertiary/aromatic N) is 2. The van der Waals surface area contributed by atoms with Crippen LogP contribution in [0.25, 0.3) is 0 Å². The molecule has 20 heavy (non-hydrogen) atoms. The molecule has 0 saturated carbocycles. The van der Waals surface area contributed by atoms with Crippen LogP contribution in [0.3, 0.4) is 0 Å². The summed E-state index contributed by atoms with van der Waals surface area (Å²) < 4.78 is 0. The lowest BCUT2D eigenvalue weighted by Crippen LogP contribution is -2.28. The summed E-state index contributed by atoms with van der Waals surface area (Å²) >= 11 is 0. The zero-order chi connectivity index (χ0) is 15.3. The van der Waals surface area contributed by atoms with Crippen molar-refractivity contribution in [3.05, 3.63) is 23.4 Å². The lowest BCUT2D eigenvalue weighted by Gasteiger charge is -2.23. The van der Waals surface area contributed by atoms with Gasteiger partial charge in [0.25, 0.3) is 0 Å². The molecular formula is C15H21N3O2. The van der Waals surface area contributed by atoms with Gasteiger partial charge in [0, 0.05) is 12.7 Å². The zero-order valence-corrected chi connectivity index (χ0v) is 12.4. The molecule has 0 aliphatic rings. The number of aliphatic carboxylic acids is 1. The van der Waals surface area contributed by atoms with Gasteiger partial charge >= 0.3 is 5.97 Å². The van der Waals surface area contributed by atoms with Crippen molar-refractivity contribution in [1.82, 2.24) is 4.98 Å². The summed E-state index contributed by atoms with van der Waals surface area (Å²) in [5, 5.41) is 21.4. The van der Waals surface area contributed by atoms with Crippen molar-refractivity contribution in [2.24, 2.45) is 11.3 Å². The van der Waals surface area contributed by atoms with E-state index in [4.69, 9.17) is 5.26 Å². The largest absolute Gasteiger partial charge is 0.481 e. The lowest BCUT2D eigenvalue weighted by molar-refractivity contribution is -0.142. The number of hydrogen-bond acceptors (Lipinski definition) is 4. The molecule has 1 aromatic rings. The molecule has 5 heteroatoms. The minimum Gasteiger partial charge on any atom is -0.481 e. The normalized spacial score (nSPS) is 12.6. The molecule has 0 fully saturated rings. The fourth-order valence-electron chi connectivity index (χ4n) is 2.04. The van der Waals surface area contributed by atoms with Crippen molar-refractivity contribution in [3.8, 4) is 6.07 Å². The molecule has 0 spiro atoms. The fraction of sp³-hybridized carbons (Fsp3) is 0.533. The zero-order valence-electron chi connectivity index (χ0n) is 12.4. The van der Waals surface area contributed by atoms with Gasteiger partial charge in [0.2, 0.25) is 0 Å². The van der Waals surface area contributed by atoms with Crippen LogP contribution in [0.1, 0.15) is 38.3 Å². The van der Waals surface area contributed by atoms with Crippen LogP contribution in [0.4, 0.5) is 5.82 Å². The van der Waals surface area contributed by atoms with Gasteiger partial charge in [-0.2, -0.15) is 5.26 Å². The van der Waals surface area contributed by atoms with Crippen LogP contribution in [-0.4, -0.2) is 22.6 Å². The van der Waals surface area contributed by atoms with Gasteiger partial charge in [0.05, 0.1) is 11.5 Å². The van der Waals surface area contributed by atoms with Crippen LogP contribution in [0.15, 0.2) is 12.3 Å². The summed E-state index contributed by atoms with van der Waals surface area (Å²) in [6.07, 6.45) is 2.17. The minimum atomic E-state index is -0.835. The Morgan fingerprint density at radius 3 is 2.70 bits per heavy atom. The number of carbonyl (C=O) groups is 1. The molecule has 5 nitrogen and oxygen atoms in total. The standard InChI is InChI=1S/C15H21N3O2/c1-10-5-6-17-13(12(10)8-16)18-9-11(14(19)20)7-15(2,3)4/h5-6,11H,7,9H2,1-4H3,(H,17,18)(H,19,20). The number of rotatable bonds is 5. The number of nitrogens with one attached hydrogen (secondary N) is 1. The third-order valence-corrected chi connectivity index (χ3v) is 3.00. The van der Waals surface area contributed by atoms with Crippen LogP contribution < -0.4 is 5.32 Å². The Hall–Kier alpha value is -2.09. The Kier molecular flexibility index (Phi) is 5.09. The molecule has 0 aromatic carbocycles. The summed E-state index contributed by atoms with van der Waals surface area (Å²) in [4.78, 5) is 15.4. The molecule has 1 aromatic heterocycles. The van der Waals surface area contributed by atoms with Gasteiger partial charge in [0.1, 0.15) is 11.9 Å². The predicted octanol–water partition coefficient (Wildman–Crippen LogP) is 2.81. The molecule has 0 radical (unpaired) electrons. The molecular weight excluding hydrogens is 254 g/mol. The van der Waals surface area contributed by atoms with E-state index in [1.165, 1.54) is 0 Å². The monoisotopic (exact) mass is 275 g/mol. The van der Waals surface area contributed by atoms with E-state index in [9.17, 15) is 9.90 Å². The third-order valence-electron chi connectivity index (χ3n) is 3.00. The highest BCUT2D eigenvalue weighted by atomic mass is 16.4. The first kappa shape index (κ1) is 16.0. The fourth-order valence-corrected chi connectivity index (χ4v) is 2.04. The summed E-state index contributed by atoms with van der Waals surface area (Å²) in [6.45, 7) is 8.12. The molecule has 0 saturated heterocycles. The molecule has 108 valence electrons. The summed E-state index contributed by atoms with van der Waals surface area (Å²) in [5.74, 6) is -0.893. The summed E-state index contributed by atoms with van der Waals surface area (Å²) in [6, 6.07) is 3.85. The molecule has 1 unspecified atom stereocenters. The van der Waals surface area contributed by atoms with E-state index in [-0.39, 0.29) is 12.0 Å². The molecule has 2 N–H and O–H groups in total. The average Bonchev–Trinajstić information content (AvgIpc) is 2.32. The summed E-state index contributed by atoms with van der Waals surface area (Å²) in [7, 11) is 0. The Balaban J connectivity index is 2.81. The Morgan fingerprint density at radius 1 is 1.55 bits per heavy atom. The number of aryl methyl sites for hydroxylation is 1. The predicted molar refractivity (Wildman–Crippen MR) is 77.4 cm³/mol. The van der Waals surface area contributed by atoms with Crippen molar-refractivity contribution < 1.29 is 9.90 Å². The van der Waals surface area contributed by atoms with Gasteiger partial charge in [-0.1, -0.05) is 20.8 Å². The number of anilines is 1. The van der Waals surface area contributed by atoms with Crippen LogP contribution in [0, 0.1) is 29.6 Å². The van der Waals surface area contributed by atoms with Crippen molar-refractivity contribution in [1.29, 1.82) is 5.26 Å². The molecule has 1 atom stereocenters. The Bertz CT molecular complexity index is 527. The van der Waals surface area contributed by atoms with Gasteiger partial charge in [-0.15, -0.1) is 0 Å². The molecule has 0 amide bonds. The van der Waals surface area contributed by atoms with Gasteiger partial charge in [-0.05, 0) is 30.4 Å². The number of pyridine rings is 1. The van der Waals surface area contributed by atoms with E-state index < -0.39 is 11.9 Å². The highest BCUT2D eigenvalue weighted by molar-refractivity contribution is 5.71. The van der Waals surface area contributed by atoms with Crippen molar-refractivity contribution in [3.63, 3.8) is 0 Å². The third kappa shape index (κ3) is 4.54. The van der Waals surface area contributed by atoms with Crippen LogP contribution in [0.5, 0.6) is 0 Å². The minimum absolute atomic E-state index is 0.0666. The smallest absolute Gasteiger partial charge is 0.308 e. The maximum absolute atomic E-state index is 11.3. The molecule has 0 bridgehead atoms. The van der Waals surface area contributed by atoms with Crippen molar-refractivity contribution >= 4 is 11.8 Å². The van der Waals surface area contributed by atoms with E-state index in [0.717, 1.165) is 5.56 Å². The number of hydrogen-bond donors (Lipinski definition) is 2. The molecule has 1 heterocycles. The lowest BCUT2D eigenvalue weighted by atomic mass is 9.84. The summed E-state index contributed by atoms with van der Waals surface area (Å²) in [5.41, 5.74) is 1.23.